The van der Waals surface area contributed by atoms with Gasteiger partial charge < -0.3 is 15.4 Å². The second-order valence-electron chi connectivity index (χ2n) is 7.87. The largest absolute Gasteiger partial charge is 0.490 e. The maximum absolute atomic E-state index is 13.0. The number of carbonyl (C=O) groups excluding carboxylic acids is 1. The van der Waals surface area contributed by atoms with Crippen LogP contribution in [0.3, 0.4) is 0 Å². The number of halogens is 3. The molecule has 2 N–H and O–H groups in total. The first-order valence-corrected chi connectivity index (χ1v) is 10.4. The van der Waals surface area contributed by atoms with Crippen LogP contribution in [0.15, 0.2) is 36.5 Å². The fraction of sp³-hybridized carbons (Fsp3) is 0.409. The Hall–Kier alpha value is -2.78. The van der Waals surface area contributed by atoms with Gasteiger partial charge in [0.25, 0.3) is 12.3 Å². The van der Waals surface area contributed by atoms with Gasteiger partial charge in [-0.3, -0.25) is 9.48 Å². The van der Waals surface area contributed by atoms with Gasteiger partial charge in [0.2, 0.25) is 0 Å². The number of piperidine rings is 1. The summed E-state index contributed by atoms with van der Waals surface area (Å²) in [5.41, 5.74) is 0.647. The molecule has 1 saturated heterocycles. The Kier molecular flexibility index (Phi) is 7.63. The van der Waals surface area contributed by atoms with E-state index in [4.69, 9.17) is 9.84 Å². The zero-order valence-electron chi connectivity index (χ0n) is 17.8. The van der Waals surface area contributed by atoms with Gasteiger partial charge in [0.1, 0.15) is 17.3 Å². The van der Waals surface area contributed by atoms with Gasteiger partial charge in [-0.15, -0.1) is 12.4 Å². The first-order chi connectivity index (χ1) is 14.9. The third-order valence-electron chi connectivity index (χ3n) is 5.15. The molecule has 0 spiro atoms. The summed E-state index contributed by atoms with van der Waals surface area (Å²) in [6, 6.07) is 7.91. The number of fused-ring (bicyclic) bond motifs is 1. The zero-order chi connectivity index (χ0) is 22.0. The summed E-state index contributed by atoms with van der Waals surface area (Å²) in [5.74, 6) is -0.0320. The average Bonchev–Trinajstić information content (AvgIpc) is 3.16. The smallest absolute Gasteiger partial charge is 0.280 e. The summed E-state index contributed by atoms with van der Waals surface area (Å²) in [7, 11) is 0. The lowest BCUT2D eigenvalue weighted by atomic mass is 10.1. The SMILES string of the molecule is CC(C)Oc1cc2nn(C3CCNCC3)cc2cc1C(=O)Nc1cccc(C(F)F)n1.Cl. The monoisotopic (exact) mass is 465 g/mol. The Morgan fingerprint density at radius 1 is 1.25 bits per heavy atom. The molecule has 172 valence electrons. The topological polar surface area (TPSA) is 81.1 Å². The van der Waals surface area contributed by atoms with Crippen molar-refractivity contribution in [3.63, 3.8) is 0 Å². The van der Waals surface area contributed by atoms with Crippen molar-refractivity contribution in [1.82, 2.24) is 20.1 Å². The van der Waals surface area contributed by atoms with Crippen molar-refractivity contribution in [2.24, 2.45) is 0 Å². The minimum absolute atomic E-state index is 0. The fourth-order valence-electron chi connectivity index (χ4n) is 3.69. The number of nitrogens with one attached hydrogen (secondary N) is 2. The molecule has 7 nitrogen and oxygen atoms in total. The summed E-state index contributed by atoms with van der Waals surface area (Å²) in [4.78, 5) is 16.8. The number of hydrogen-bond donors (Lipinski definition) is 2. The minimum atomic E-state index is -2.71. The maximum Gasteiger partial charge on any atom is 0.280 e. The highest BCUT2D eigenvalue weighted by molar-refractivity contribution is 6.08. The Bertz CT molecular complexity index is 1080. The molecule has 1 aliphatic heterocycles. The van der Waals surface area contributed by atoms with Crippen LogP contribution in [0, 0.1) is 0 Å². The predicted octanol–water partition coefficient (Wildman–Crippen LogP) is 4.75. The number of aromatic nitrogens is 3. The van der Waals surface area contributed by atoms with Crippen LogP contribution in [0.5, 0.6) is 5.75 Å². The van der Waals surface area contributed by atoms with Crippen LogP contribution in [0.25, 0.3) is 10.9 Å². The molecule has 32 heavy (non-hydrogen) atoms. The van der Waals surface area contributed by atoms with Crippen LogP contribution in [0.2, 0.25) is 0 Å². The molecule has 1 aromatic carbocycles. The summed E-state index contributed by atoms with van der Waals surface area (Å²) < 4.78 is 33.7. The highest BCUT2D eigenvalue weighted by Crippen LogP contribution is 2.29. The normalized spacial score (nSPS) is 14.6. The van der Waals surface area contributed by atoms with Crippen molar-refractivity contribution in [1.29, 1.82) is 0 Å². The average molecular weight is 466 g/mol. The molecule has 1 fully saturated rings. The number of benzene rings is 1. The molecule has 10 heteroatoms. The molecular formula is C22H26ClF2N5O2. The van der Waals surface area contributed by atoms with Gasteiger partial charge in [-0.25, -0.2) is 13.8 Å². The first-order valence-electron chi connectivity index (χ1n) is 10.4. The quantitative estimate of drug-likeness (QED) is 0.549. The van der Waals surface area contributed by atoms with E-state index >= 15 is 0 Å². The zero-order valence-corrected chi connectivity index (χ0v) is 18.7. The number of nitrogens with zero attached hydrogens (tertiary/aromatic N) is 3. The number of anilines is 1. The number of rotatable bonds is 6. The van der Waals surface area contributed by atoms with E-state index in [-0.39, 0.29) is 24.3 Å². The number of pyridine rings is 1. The Balaban J connectivity index is 0.00000289. The Labute approximate surface area is 190 Å². The third-order valence-corrected chi connectivity index (χ3v) is 5.15. The van der Waals surface area contributed by atoms with E-state index in [1.165, 1.54) is 18.2 Å². The number of amides is 1. The van der Waals surface area contributed by atoms with Gasteiger partial charge in [-0.05, 0) is 58.0 Å². The first kappa shape index (κ1) is 23.9. The summed E-state index contributed by atoms with van der Waals surface area (Å²) >= 11 is 0. The molecule has 0 radical (unpaired) electrons. The summed E-state index contributed by atoms with van der Waals surface area (Å²) in [5, 5.41) is 11.5. The van der Waals surface area contributed by atoms with E-state index in [0.717, 1.165) is 36.8 Å². The fourth-order valence-corrected chi connectivity index (χ4v) is 3.69. The van der Waals surface area contributed by atoms with E-state index < -0.39 is 18.0 Å². The van der Waals surface area contributed by atoms with Crippen LogP contribution in [-0.2, 0) is 0 Å². The predicted molar refractivity (Wildman–Crippen MR) is 121 cm³/mol. The van der Waals surface area contributed by atoms with Gasteiger partial charge in [0.05, 0.1) is 23.2 Å². The lowest BCUT2D eigenvalue weighted by Crippen LogP contribution is -2.29. The Morgan fingerprint density at radius 2 is 2.00 bits per heavy atom. The van der Waals surface area contributed by atoms with Crippen molar-refractivity contribution in [3.8, 4) is 5.75 Å². The maximum atomic E-state index is 13.0. The second-order valence-corrected chi connectivity index (χ2v) is 7.87. The van der Waals surface area contributed by atoms with E-state index in [1.54, 1.807) is 12.1 Å². The molecule has 4 rings (SSSR count). The molecule has 1 amide bonds. The number of hydrogen-bond acceptors (Lipinski definition) is 5. The van der Waals surface area contributed by atoms with Gasteiger partial charge in [-0.1, -0.05) is 6.07 Å². The van der Waals surface area contributed by atoms with Gasteiger partial charge in [-0.2, -0.15) is 5.10 Å². The number of alkyl halides is 2. The summed E-state index contributed by atoms with van der Waals surface area (Å²) in [6.45, 7) is 5.63. The molecular weight excluding hydrogens is 440 g/mol. The lowest BCUT2D eigenvalue weighted by molar-refractivity contribution is 0.102. The van der Waals surface area contributed by atoms with E-state index in [1.807, 2.05) is 24.7 Å². The second kappa shape index (κ2) is 10.2. The van der Waals surface area contributed by atoms with Crippen LogP contribution in [0.1, 0.15) is 55.2 Å². The van der Waals surface area contributed by atoms with E-state index in [2.05, 4.69) is 15.6 Å². The van der Waals surface area contributed by atoms with Crippen molar-refractivity contribution in [2.75, 3.05) is 18.4 Å². The molecule has 0 bridgehead atoms. The molecule has 0 saturated carbocycles. The minimum Gasteiger partial charge on any atom is -0.490 e. The number of ether oxygens (including phenoxy) is 1. The molecule has 0 aliphatic carbocycles. The van der Waals surface area contributed by atoms with Crippen LogP contribution in [0.4, 0.5) is 14.6 Å². The van der Waals surface area contributed by atoms with Crippen molar-refractivity contribution in [3.05, 3.63) is 47.8 Å². The highest BCUT2D eigenvalue weighted by Gasteiger charge is 2.21. The van der Waals surface area contributed by atoms with Crippen LogP contribution < -0.4 is 15.4 Å². The van der Waals surface area contributed by atoms with E-state index in [9.17, 15) is 13.6 Å². The Morgan fingerprint density at radius 3 is 2.69 bits per heavy atom. The molecule has 0 unspecified atom stereocenters. The van der Waals surface area contributed by atoms with Crippen molar-refractivity contribution >= 4 is 35.0 Å². The number of carbonyl (C=O) groups is 1. The molecule has 3 heterocycles. The molecule has 1 aliphatic rings. The van der Waals surface area contributed by atoms with Gasteiger partial charge in [0.15, 0.2) is 0 Å². The standard InChI is InChI=1S/C22H25F2N5O2.ClH/c1-13(2)31-19-11-18-14(12-29(28-18)15-6-8-25-9-7-15)10-16(19)22(30)27-20-5-3-4-17(26-20)21(23)24;/h3-5,10-13,15,21,25H,6-9H2,1-2H3,(H,26,27,30);1H. The summed E-state index contributed by atoms with van der Waals surface area (Å²) in [6.07, 6.45) is 1.05. The molecule has 3 aromatic rings. The highest BCUT2D eigenvalue weighted by atomic mass is 35.5. The molecule has 2 aromatic heterocycles. The van der Waals surface area contributed by atoms with Gasteiger partial charge >= 0.3 is 0 Å². The van der Waals surface area contributed by atoms with Crippen molar-refractivity contribution in [2.45, 2.75) is 45.3 Å². The van der Waals surface area contributed by atoms with Gasteiger partial charge in [0, 0.05) is 17.6 Å². The van der Waals surface area contributed by atoms with Crippen LogP contribution >= 0.6 is 12.4 Å². The molecule has 0 atom stereocenters. The lowest BCUT2D eigenvalue weighted by Gasteiger charge is -2.22. The third kappa shape index (κ3) is 5.34. The van der Waals surface area contributed by atoms with Crippen LogP contribution in [-0.4, -0.2) is 39.9 Å². The van der Waals surface area contributed by atoms with Crippen molar-refractivity contribution < 1.29 is 18.3 Å². The van der Waals surface area contributed by atoms with E-state index in [0.29, 0.717) is 17.4 Å².